The van der Waals surface area contributed by atoms with Gasteiger partial charge in [0, 0.05) is 11.6 Å². The molecule has 0 saturated heterocycles. The summed E-state index contributed by atoms with van der Waals surface area (Å²) in [6, 6.07) is 15.0. The Bertz CT molecular complexity index is 1080. The Kier molecular flexibility index (Phi) is 4.30. The summed E-state index contributed by atoms with van der Waals surface area (Å²) in [4.78, 5) is 0.162. The van der Waals surface area contributed by atoms with E-state index in [4.69, 9.17) is 9.78 Å². The molecule has 7 heteroatoms. The van der Waals surface area contributed by atoms with Crippen molar-refractivity contribution in [3.63, 3.8) is 0 Å². The minimum Gasteiger partial charge on any atom is -0.356 e. The van der Waals surface area contributed by atoms with Crippen LogP contribution in [0.4, 0.5) is 5.69 Å². The molecule has 6 nitrogen and oxygen atoms in total. The van der Waals surface area contributed by atoms with E-state index in [0.29, 0.717) is 22.6 Å². The van der Waals surface area contributed by atoms with Gasteiger partial charge >= 0.3 is 0 Å². The highest BCUT2D eigenvalue weighted by Crippen LogP contribution is 2.26. The van der Waals surface area contributed by atoms with Gasteiger partial charge in [-0.3, -0.25) is 4.72 Å². The fourth-order valence-electron chi connectivity index (χ4n) is 2.47. The largest absolute Gasteiger partial charge is 0.356 e. The van der Waals surface area contributed by atoms with Gasteiger partial charge in [0.2, 0.25) is 0 Å². The molecule has 0 aliphatic rings. The number of sulfonamides is 1. The predicted molar refractivity (Wildman–Crippen MR) is 93.4 cm³/mol. The Hall–Kier alpha value is -3.11. The lowest BCUT2D eigenvalue weighted by Crippen LogP contribution is -2.14. The number of nitrogens with one attached hydrogen (secondary N) is 1. The summed E-state index contributed by atoms with van der Waals surface area (Å²) in [5.41, 5.74) is 2.81. The van der Waals surface area contributed by atoms with Crippen molar-refractivity contribution in [1.82, 2.24) is 5.16 Å². The third-order valence-electron chi connectivity index (χ3n) is 3.62. The number of hydrogen-bond acceptors (Lipinski definition) is 5. The first-order valence-electron chi connectivity index (χ1n) is 7.46. The summed E-state index contributed by atoms with van der Waals surface area (Å²) in [5, 5.41) is 12.8. The molecule has 0 saturated carbocycles. The average molecular weight is 353 g/mol. The first kappa shape index (κ1) is 16.7. The van der Waals surface area contributed by atoms with Gasteiger partial charge in [-0.1, -0.05) is 11.2 Å². The molecule has 3 rings (SSSR count). The van der Waals surface area contributed by atoms with Crippen LogP contribution < -0.4 is 4.72 Å². The van der Waals surface area contributed by atoms with Gasteiger partial charge in [0.15, 0.2) is 5.76 Å². The third kappa shape index (κ3) is 3.54. The average Bonchev–Trinajstić information content (AvgIpc) is 3.00. The number of benzene rings is 2. The Morgan fingerprint density at radius 2 is 1.92 bits per heavy atom. The normalized spacial score (nSPS) is 11.1. The number of nitriles is 1. The van der Waals surface area contributed by atoms with Crippen molar-refractivity contribution in [1.29, 1.82) is 5.26 Å². The van der Waals surface area contributed by atoms with Crippen molar-refractivity contribution in [2.75, 3.05) is 4.72 Å². The van der Waals surface area contributed by atoms with E-state index in [0.717, 1.165) is 11.3 Å². The van der Waals surface area contributed by atoms with Crippen LogP contribution in [0.5, 0.6) is 0 Å². The van der Waals surface area contributed by atoms with E-state index >= 15 is 0 Å². The zero-order valence-corrected chi connectivity index (χ0v) is 14.5. The van der Waals surface area contributed by atoms with Crippen LogP contribution in [-0.2, 0) is 10.0 Å². The molecule has 0 spiro atoms. The highest BCUT2D eigenvalue weighted by Gasteiger charge is 2.18. The van der Waals surface area contributed by atoms with Gasteiger partial charge in [-0.2, -0.15) is 5.26 Å². The summed E-state index contributed by atoms with van der Waals surface area (Å²) in [7, 11) is -3.77. The number of aryl methyl sites for hydroxylation is 2. The summed E-state index contributed by atoms with van der Waals surface area (Å²) in [6.07, 6.45) is 0. The lowest BCUT2D eigenvalue weighted by Gasteiger charge is -2.11. The lowest BCUT2D eigenvalue weighted by molar-refractivity contribution is 0.427. The zero-order chi connectivity index (χ0) is 18.0. The standard InChI is InChI=1S/C18H15N3O3S/c1-12-8-15(17-9-13(2)20-24-17)6-7-18(12)25(22,23)21-16-5-3-4-14(10-16)11-19/h3-10,21H,1-2H3. The molecule has 0 unspecified atom stereocenters. The second-order valence-electron chi connectivity index (χ2n) is 5.61. The van der Waals surface area contributed by atoms with Crippen LogP contribution in [0.1, 0.15) is 16.8 Å². The van der Waals surface area contributed by atoms with Crippen molar-refractivity contribution in [3.8, 4) is 17.4 Å². The molecule has 1 N–H and O–H groups in total. The molecule has 3 aromatic rings. The van der Waals surface area contributed by atoms with Crippen LogP contribution in [0.25, 0.3) is 11.3 Å². The summed E-state index contributed by atoms with van der Waals surface area (Å²) < 4.78 is 33.0. The molecule has 0 fully saturated rings. The molecular weight excluding hydrogens is 338 g/mol. The van der Waals surface area contributed by atoms with Crippen LogP contribution >= 0.6 is 0 Å². The van der Waals surface area contributed by atoms with E-state index < -0.39 is 10.0 Å². The maximum atomic E-state index is 12.6. The number of hydrogen-bond donors (Lipinski definition) is 1. The fourth-order valence-corrected chi connectivity index (χ4v) is 3.74. The molecule has 1 aromatic heterocycles. The summed E-state index contributed by atoms with van der Waals surface area (Å²) in [5.74, 6) is 0.583. The van der Waals surface area contributed by atoms with Crippen molar-refractivity contribution in [3.05, 3.63) is 65.4 Å². The molecule has 0 atom stereocenters. The monoisotopic (exact) mass is 353 g/mol. The van der Waals surface area contributed by atoms with Crippen molar-refractivity contribution < 1.29 is 12.9 Å². The quantitative estimate of drug-likeness (QED) is 0.772. The topological polar surface area (TPSA) is 96.0 Å². The molecule has 126 valence electrons. The second-order valence-corrected chi connectivity index (χ2v) is 7.26. The SMILES string of the molecule is Cc1cc(-c2ccc(S(=O)(=O)Nc3cccc(C#N)c3)c(C)c2)on1. The third-order valence-corrected chi connectivity index (χ3v) is 5.16. The van der Waals surface area contributed by atoms with Gasteiger partial charge in [0.25, 0.3) is 10.0 Å². The van der Waals surface area contributed by atoms with Crippen molar-refractivity contribution in [2.24, 2.45) is 0 Å². The first-order valence-corrected chi connectivity index (χ1v) is 8.95. The first-order chi connectivity index (χ1) is 11.9. The van der Waals surface area contributed by atoms with Gasteiger partial charge in [0.1, 0.15) is 0 Å². The van der Waals surface area contributed by atoms with E-state index in [1.54, 1.807) is 43.3 Å². The van der Waals surface area contributed by atoms with Gasteiger partial charge in [-0.05, 0) is 55.8 Å². The lowest BCUT2D eigenvalue weighted by atomic mass is 10.1. The molecule has 2 aromatic carbocycles. The summed E-state index contributed by atoms with van der Waals surface area (Å²) >= 11 is 0. The molecule has 0 aliphatic carbocycles. The molecular formula is C18H15N3O3S. The van der Waals surface area contributed by atoms with Gasteiger partial charge < -0.3 is 4.52 Å². The van der Waals surface area contributed by atoms with E-state index in [1.165, 1.54) is 12.1 Å². The van der Waals surface area contributed by atoms with Crippen molar-refractivity contribution >= 4 is 15.7 Å². The Balaban J connectivity index is 1.93. The molecule has 25 heavy (non-hydrogen) atoms. The van der Waals surface area contributed by atoms with E-state index in [-0.39, 0.29) is 4.90 Å². The van der Waals surface area contributed by atoms with Crippen LogP contribution in [0.15, 0.2) is 57.9 Å². The molecule has 1 heterocycles. The van der Waals surface area contributed by atoms with Crippen LogP contribution in [0, 0.1) is 25.2 Å². The molecule has 0 radical (unpaired) electrons. The smallest absolute Gasteiger partial charge is 0.262 e. The highest BCUT2D eigenvalue weighted by atomic mass is 32.2. The maximum Gasteiger partial charge on any atom is 0.262 e. The Morgan fingerprint density at radius 1 is 1.12 bits per heavy atom. The summed E-state index contributed by atoms with van der Waals surface area (Å²) in [6.45, 7) is 3.53. The van der Waals surface area contributed by atoms with Crippen molar-refractivity contribution in [2.45, 2.75) is 18.7 Å². The Labute approximate surface area is 145 Å². The van der Waals surface area contributed by atoms with Crippen LogP contribution in [0.2, 0.25) is 0 Å². The second kappa shape index (κ2) is 6.42. The van der Waals surface area contributed by atoms with Gasteiger partial charge in [0.05, 0.1) is 27.9 Å². The molecule has 0 bridgehead atoms. The maximum absolute atomic E-state index is 12.6. The molecule has 0 amide bonds. The number of anilines is 1. The zero-order valence-electron chi connectivity index (χ0n) is 13.6. The van der Waals surface area contributed by atoms with E-state index in [9.17, 15) is 8.42 Å². The van der Waals surface area contributed by atoms with Crippen LogP contribution in [-0.4, -0.2) is 13.6 Å². The minimum absolute atomic E-state index is 0.162. The van der Waals surface area contributed by atoms with E-state index in [1.807, 2.05) is 13.0 Å². The highest BCUT2D eigenvalue weighted by molar-refractivity contribution is 7.92. The number of nitrogens with zero attached hydrogens (tertiary/aromatic N) is 2. The number of aromatic nitrogens is 1. The fraction of sp³-hybridized carbons (Fsp3) is 0.111. The number of rotatable bonds is 4. The predicted octanol–water partition coefficient (Wildman–Crippen LogP) is 3.63. The van der Waals surface area contributed by atoms with Gasteiger partial charge in [-0.15, -0.1) is 0 Å². The molecule has 0 aliphatic heterocycles. The Morgan fingerprint density at radius 3 is 2.56 bits per heavy atom. The van der Waals surface area contributed by atoms with E-state index in [2.05, 4.69) is 9.88 Å². The minimum atomic E-state index is -3.77. The van der Waals surface area contributed by atoms with Gasteiger partial charge in [-0.25, -0.2) is 8.42 Å². The van der Waals surface area contributed by atoms with Crippen LogP contribution in [0.3, 0.4) is 0 Å².